The van der Waals surface area contributed by atoms with E-state index in [-0.39, 0.29) is 12.2 Å². The summed E-state index contributed by atoms with van der Waals surface area (Å²) in [6.07, 6.45) is 9.04. The molecule has 0 fully saturated rings. The molecule has 3 heteroatoms. The molecule has 3 nitrogen and oxygen atoms in total. The molecule has 0 aromatic heterocycles. The number of hydrogen-bond acceptors (Lipinski definition) is 2. The Labute approximate surface area is 117 Å². The maximum absolute atomic E-state index is 11.9. The van der Waals surface area contributed by atoms with Crippen LogP contribution in [-0.4, -0.2) is 16.9 Å². The molecule has 0 aliphatic rings. The number of Topliss-reactive ketones (excluding diaryl/α,β-unsaturated/α-hetero) is 1. The Morgan fingerprint density at radius 3 is 2.26 bits per heavy atom. The number of carbonyl (C=O) groups is 2. The van der Waals surface area contributed by atoms with Crippen molar-refractivity contribution in [2.45, 2.75) is 66.2 Å². The van der Waals surface area contributed by atoms with E-state index in [0.29, 0.717) is 6.42 Å². The van der Waals surface area contributed by atoms with Crippen molar-refractivity contribution in [2.24, 2.45) is 11.3 Å². The second-order valence-corrected chi connectivity index (χ2v) is 6.12. The highest BCUT2D eigenvalue weighted by molar-refractivity contribution is 5.87. The van der Waals surface area contributed by atoms with E-state index in [1.165, 1.54) is 12.8 Å². The Balaban J connectivity index is 4.21. The lowest BCUT2D eigenvalue weighted by Crippen LogP contribution is -2.26. The molecular formula is C16H28O3. The van der Waals surface area contributed by atoms with Crippen LogP contribution in [0.4, 0.5) is 0 Å². The zero-order valence-corrected chi connectivity index (χ0v) is 12.7. The van der Waals surface area contributed by atoms with Crippen LogP contribution < -0.4 is 0 Å². The van der Waals surface area contributed by atoms with Gasteiger partial charge in [0, 0.05) is 11.8 Å². The van der Waals surface area contributed by atoms with Crippen LogP contribution in [0.15, 0.2) is 12.2 Å². The normalized spacial score (nSPS) is 13.7. The SMILES string of the molecule is CCCCC/C=C/CC(CC(=O)C(C)(C)C)C(=O)O. The van der Waals surface area contributed by atoms with Crippen LogP contribution in [0, 0.1) is 11.3 Å². The third kappa shape index (κ3) is 8.57. The first-order chi connectivity index (χ1) is 8.79. The van der Waals surface area contributed by atoms with Crippen LogP contribution in [0.25, 0.3) is 0 Å². The topological polar surface area (TPSA) is 54.4 Å². The van der Waals surface area contributed by atoms with Crippen molar-refractivity contribution in [1.29, 1.82) is 0 Å². The van der Waals surface area contributed by atoms with Crippen molar-refractivity contribution < 1.29 is 14.7 Å². The molecule has 1 N–H and O–H groups in total. The Morgan fingerprint density at radius 1 is 1.16 bits per heavy atom. The van der Waals surface area contributed by atoms with Gasteiger partial charge in [-0.3, -0.25) is 9.59 Å². The predicted octanol–water partition coefficient (Wildman–Crippen LogP) is 4.22. The first-order valence-corrected chi connectivity index (χ1v) is 7.20. The van der Waals surface area contributed by atoms with Crippen molar-refractivity contribution in [3.63, 3.8) is 0 Å². The Bertz CT molecular complexity index is 310. The number of aliphatic carboxylic acids is 1. The van der Waals surface area contributed by atoms with Gasteiger partial charge < -0.3 is 5.11 Å². The van der Waals surface area contributed by atoms with E-state index in [2.05, 4.69) is 6.92 Å². The quantitative estimate of drug-likeness (QED) is 0.503. The number of hydrogen-bond donors (Lipinski definition) is 1. The average Bonchev–Trinajstić information content (AvgIpc) is 2.30. The summed E-state index contributed by atoms with van der Waals surface area (Å²) >= 11 is 0. The summed E-state index contributed by atoms with van der Waals surface area (Å²) < 4.78 is 0. The molecule has 0 aliphatic heterocycles. The van der Waals surface area contributed by atoms with E-state index in [1.54, 1.807) is 0 Å². The fraction of sp³-hybridized carbons (Fsp3) is 0.750. The van der Waals surface area contributed by atoms with Gasteiger partial charge in [0.25, 0.3) is 0 Å². The number of carboxylic acids is 1. The highest BCUT2D eigenvalue weighted by atomic mass is 16.4. The van der Waals surface area contributed by atoms with Gasteiger partial charge in [-0.2, -0.15) is 0 Å². The van der Waals surface area contributed by atoms with Crippen molar-refractivity contribution in [2.75, 3.05) is 0 Å². The number of ketones is 1. The van der Waals surface area contributed by atoms with E-state index in [0.717, 1.165) is 12.8 Å². The van der Waals surface area contributed by atoms with Gasteiger partial charge in [0.2, 0.25) is 0 Å². The van der Waals surface area contributed by atoms with Crippen LogP contribution in [0.5, 0.6) is 0 Å². The molecule has 110 valence electrons. The summed E-state index contributed by atoms with van der Waals surface area (Å²) in [7, 11) is 0. The van der Waals surface area contributed by atoms with Crippen molar-refractivity contribution in [3.8, 4) is 0 Å². The molecule has 1 atom stereocenters. The molecule has 0 saturated heterocycles. The fourth-order valence-corrected chi connectivity index (χ4v) is 1.69. The number of carbonyl (C=O) groups excluding carboxylic acids is 1. The summed E-state index contributed by atoms with van der Waals surface area (Å²) in [5, 5.41) is 9.14. The van der Waals surface area contributed by atoms with E-state index in [9.17, 15) is 9.59 Å². The summed E-state index contributed by atoms with van der Waals surface area (Å²) in [6, 6.07) is 0. The Kier molecular flexibility index (Phi) is 8.37. The molecule has 0 aliphatic carbocycles. The van der Waals surface area contributed by atoms with Crippen molar-refractivity contribution in [3.05, 3.63) is 12.2 Å². The van der Waals surface area contributed by atoms with E-state index in [1.807, 2.05) is 32.9 Å². The standard InChI is InChI=1S/C16H28O3/c1-5-6-7-8-9-10-11-13(15(18)19)12-14(17)16(2,3)4/h9-10,13H,5-8,11-12H2,1-4H3,(H,18,19)/b10-9+. The first-order valence-electron chi connectivity index (χ1n) is 7.20. The molecule has 0 amide bonds. The Hall–Kier alpha value is -1.12. The number of allylic oxidation sites excluding steroid dienone is 2. The van der Waals surface area contributed by atoms with Crippen LogP contribution in [0.3, 0.4) is 0 Å². The van der Waals surface area contributed by atoms with Crippen LogP contribution in [-0.2, 0) is 9.59 Å². The number of rotatable bonds is 9. The number of carboxylic acid groups (broad SMARTS) is 1. The molecule has 0 heterocycles. The minimum Gasteiger partial charge on any atom is -0.481 e. The molecule has 19 heavy (non-hydrogen) atoms. The molecule has 0 aromatic rings. The molecular weight excluding hydrogens is 240 g/mol. The van der Waals surface area contributed by atoms with E-state index < -0.39 is 17.3 Å². The molecule has 0 radical (unpaired) electrons. The lowest BCUT2D eigenvalue weighted by atomic mass is 9.84. The van der Waals surface area contributed by atoms with Gasteiger partial charge in [-0.25, -0.2) is 0 Å². The highest BCUT2D eigenvalue weighted by Gasteiger charge is 2.27. The lowest BCUT2D eigenvalue weighted by Gasteiger charge is -2.19. The summed E-state index contributed by atoms with van der Waals surface area (Å²) in [5.74, 6) is -1.45. The maximum Gasteiger partial charge on any atom is 0.307 e. The molecule has 0 saturated carbocycles. The van der Waals surface area contributed by atoms with Gasteiger partial charge in [-0.1, -0.05) is 52.7 Å². The minimum absolute atomic E-state index is 0.0132. The average molecular weight is 268 g/mol. The largest absolute Gasteiger partial charge is 0.481 e. The van der Waals surface area contributed by atoms with Gasteiger partial charge in [-0.05, 0) is 19.3 Å². The lowest BCUT2D eigenvalue weighted by molar-refractivity contribution is -0.144. The van der Waals surface area contributed by atoms with Gasteiger partial charge in [0.05, 0.1) is 5.92 Å². The zero-order chi connectivity index (χ0) is 14.9. The van der Waals surface area contributed by atoms with Crippen molar-refractivity contribution in [1.82, 2.24) is 0 Å². The van der Waals surface area contributed by atoms with Gasteiger partial charge in [0.15, 0.2) is 0 Å². The molecule has 0 bridgehead atoms. The summed E-state index contributed by atoms with van der Waals surface area (Å²) in [5.41, 5.74) is -0.460. The number of unbranched alkanes of at least 4 members (excludes halogenated alkanes) is 3. The third-order valence-corrected chi connectivity index (χ3v) is 3.18. The second kappa shape index (κ2) is 8.89. The third-order valence-electron chi connectivity index (χ3n) is 3.18. The van der Waals surface area contributed by atoms with Gasteiger partial charge in [-0.15, -0.1) is 0 Å². The van der Waals surface area contributed by atoms with Crippen molar-refractivity contribution >= 4 is 11.8 Å². The van der Waals surface area contributed by atoms with Gasteiger partial charge in [0.1, 0.15) is 5.78 Å². The first kappa shape index (κ1) is 17.9. The van der Waals surface area contributed by atoms with E-state index >= 15 is 0 Å². The summed E-state index contributed by atoms with van der Waals surface area (Å²) in [4.78, 5) is 23.0. The second-order valence-electron chi connectivity index (χ2n) is 6.12. The minimum atomic E-state index is -0.879. The predicted molar refractivity (Wildman–Crippen MR) is 78.1 cm³/mol. The summed E-state index contributed by atoms with van der Waals surface area (Å²) in [6.45, 7) is 7.64. The van der Waals surface area contributed by atoms with Gasteiger partial charge >= 0.3 is 5.97 Å². The molecule has 0 aromatic carbocycles. The zero-order valence-electron chi connectivity index (χ0n) is 12.7. The molecule has 1 unspecified atom stereocenters. The van der Waals surface area contributed by atoms with Crippen LogP contribution in [0.1, 0.15) is 66.2 Å². The van der Waals surface area contributed by atoms with E-state index in [4.69, 9.17) is 5.11 Å². The van der Waals surface area contributed by atoms with Crippen LogP contribution >= 0.6 is 0 Å². The Morgan fingerprint density at radius 2 is 1.79 bits per heavy atom. The molecule has 0 rings (SSSR count). The highest BCUT2D eigenvalue weighted by Crippen LogP contribution is 2.22. The monoisotopic (exact) mass is 268 g/mol. The molecule has 0 spiro atoms. The van der Waals surface area contributed by atoms with Crippen LogP contribution in [0.2, 0.25) is 0 Å². The smallest absolute Gasteiger partial charge is 0.307 e. The maximum atomic E-state index is 11.9. The fourth-order valence-electron chi connectivity index (χ4n) is 1.69.